The lowest BCUT2D eigenvalue weighted by Crippen LogP contribution is -2.41. The first-order chi connectivity index (χ1) is 19.0. The van der Waals surface area contributed by atoms with E-state index in [1.807, 2.05) is 61.6 Å². The van der Waals surface area contributed by atoms with Gasteiger partial charge >= 0.3 is 6.03 Å². The molecule has 1 fully saturated rings. The predicted octanol–water partition coefficient (Wildman–Crippen LogP) is 6.19. The molecule has 3 heterocycles. The van der Waals surface area contributed by atoms with Crippen LogP contribution in [0, 0.1) is 18.4 Å². The van der Waals surface area contributed by atoms with Crippen LogP contribution < -0.4 is 25.6 Å². The molecule has 10 heteroatoms. The van der Waals surface area contributed by atoms with Gasteiger partial charge in [0.15, 0.2) is 6.19 Å². The lowest BCUT2D eigenvalue weighted by atomic mass is 9.91. The number of thiophene rings is 1. The van der Waals surface area contributed by atoms with Gasteiger partial charge in [-0.1, -0.05) is 18.2 Å². The molecule has 196 valence electrons. The van der Waals surface area contributed by atoms with E-state index >= 15 is 0 Å². The standard InChI is InChI=1S/C29H26N6O3S/c1-17-15-21(38-20-5-3-2-4-6-20)11-12-22(17)35-23-13-14-31-28-24(23)25(34-29(35)37)26(39-28)27(36)33-19-9-7-18(8-10-19)32-16-30/h2-6,11-15,18-19,32H,7-10H2,1H3,(H,33,36)(H,34,37)/t18-,19-. The summed E-state index contributed by atoms with van der Waals surface area (Å²) in [7, 11) is 0. The monoisotopic (exact) mass is 538 g/mol. The Morgan fingerprint density at radius 2 is 1.85 bits per heavy atom. The van der Waals surface area contributed by atoms with Gasteiger partial charge in [0.1, 0.15) is 21.2 Å². The molecule has 1 aliphatic heterocycles. The van der Waals surface area contributed by atoms with Crippen LogP contribution >= 0.6 is 11.3 Å². The van der Waals surface area contributed by atoms with E-state index < -0.39 is 0 Å². The Labute approximate surface area is 229 Å². The van der Waals surface area contributed by atoms with E-state index in [9.17, 15) is 9.59 Å². The number of benzene rings is 2. The maximum atomic E-state index is 13.5. The molecule has 2 aliphatic rings. The van der Waals surface area contributed by atoms with Crippen LogP contribution in [0.1, 0.15) is 40.9 Å². The third-order valence-electron chi connectivity index (χ3n) is 7.17. The van der Waals surface area contributed by atoms with E-state index in [-0.39, 0.29) is 24.0 Å². The van der Waals surface area contributed by atoms with E-state index in [0.29, 0.717) is 32.5 Å². The Morgan fingerprint density at radius 1 is 1.08 bits per heavy atom. The normalized spacial score (nSPS) is 18.3. The van der Waals surface area contributed by atoms with Gasteiger partial charge < -0.3 is 20.7 Å². The number of nitriles is 1. The topological polar surface area (TPSA) is 119 Å². The summed E-state index contributed by atoms with van der Waals surface area (Å²) in [4.78, 5) is 34.1. The van der Waals surface area contributed by atoms with Crippen molar-refractivity contribution in [3.8, 4) is 17.7 Å². The highest BCUT2D eigenvalue weighted by atomic mass is 32.1. The molecule has 0 bridgehead atoms. The number of hydrogen-bond acceptors (Lipinski definition) is 7. The summed E-state index contributed by atoms with van der Waals surface area (Å²) in [6.45, 7) is 1.93. The number of rotatable bonds is 6. The first-order valence-electron chi connectivity index (χ1n) is 12.8. The molecule has 0 radical (unpaired) electrons. The number of anilines is 3. The van der Waals surface area contributed by atoms with Crippen LogP contribution in [0.3, 0.4) is 0 Å². The van der Waals surface area contributed by atoms with Crippen LogP contribution in [0.5, 0.6) is 11.5 Å². The number of aryl methyl sites for hydroxylation is 1. The Balaban J connectivity index is 1.28. The molecule has 2 aromatic carbocycles. The summed E-state index contributed by atoms with van der Waals surface area (Å²) >= 11 is 1.28. The number of pyridine rings is 1. The van der Waals surface area contributed by atoms with Crippen molar-refractivity contribution in [1.82, 2.24) is 15.6 Å². The van der Waals surface area contributed by atoms with Gasteiger partial charge in [0.25, 0.3) is 5.91 Å². The van der Waals surface area contributed by atoms with Crippen molar-refractivity contribution in [2.24, 2.45) is 0 Å². The van der Waals surface area contributed by atoms with E-state index in [2.05, 4.69) is 20.9 Å². The Hall–Kier alpha value is -4.62. The number of nitrogens with zero attached hydrogens (tertiary/aromatic N) is 3. The minimum absolute atomic E-state index is 0.0224. The highest BCUT2D eigenvalue weighted by Crippen LogP contribution is 2.46. The van der Waals surface area contributed by atoms with Crippen LogP contribution in [0.25, 0.3) is 10.2 Å². The smallest absolute Gasteiger partial charge is 0.331 e. The zero-order chi connectivity index (χ0) is 26.9. The largest absolute Gasteiger partial charge is 0.457 e. The minimum atomic E-state index is -0.342. The summed E-state index contributed by atoms with van der Waals surface area (Å²) < 4.78 is 5.96. The zero-order valence-corrected chi connectivity index (χ0v) is 22.0. The average Bonchev–Trinajstić information content (AvgIpc) is 3.31. The van der Waals surface area contributed by atoms with E-state index in [1.54, 1.807) is 17.2 Å². The molecule has 6 rings (SSSR count). The molecule has 9 nitrogen and oxygen atoms in total. The lowest BCUT2D eigenvalue weighted by Gasteiger charge is -2.30. The molecule has 0 atom stereocenters. The van der Waals surface area contributed by atoms with E-state index in [4.69, 9.17) is 10.00 Å². The zero-order valence-electron chi connectivity index (χ0n) is 21.2. The molecule has 3 N–H and O–H groups in total. The van der Waals surface area contributed by atoms with Crippen molar-refractivity contribution in [3.63, 3.8) is 0 Å². The Morgan fingerprint density at radius 3 is 2.59 bits per heavy atom. The molecule has 39 heavy (non-hydrogen) atoms. The number of urea groups is 1. The predicted molar refractivity (Wildman–Crippen MR) is 151 cm³/mol. The van der Waals surface area contributed by atoms with Crippen LogP contribution in [0.2, 0.25) is 0 Å². The van der Waals surface area contributed by atoms with Gasteiger partial charge in [-0.3, -0.25) is 9.69 Å². The number of ether oxygens (including phenoxy) is 1. The molecular weight excluding hydrogens is 512 g/mol. The highest BCUT2D eigenvalue weighted by molar-refractivity contribution is 7.21. The number of nitrogens with one attached hydrogen (secondary N) is 3. The second kappa shape index (κ2) is 10.3. The fourth-order valence-electron chi connectivity index (χ4n) is 5.27. The molecule has 4 aromatic rings. The van der Waals surface area contributed by atoms with Gasteiger partial charge in [0, 0.05) is 18.3 Å². The van der Waals surface area contributed by atoms with Gasteiger partial charge in [0.05, 0.1) is 22.4 Å². The number of hydrogen-bond donors (Lipinski definition) is 3. The van der Waals surface area contributed by atoms with Crippen LogP contribution in [0.15, 0.2) is 60.8 Å². The van der Waals surface area contributed by atoms with Crippen molar-refractivity contribution in [3.05, 3.63) is 71.2 Å². The molecule has 1 saturated carbocycles. The van der Waals surface area contributed by atoms with Gasteiger partial charge in [0.2, 0.25) is 0 Å². The highest BCUT2D eigenvalue weighted by Gasteiger charge is 2.34. The first kappa shape index (κ1) is 24.7. The first-order valence-corrected chi connectivity index (χ1v) is 13.6. The summed E-state index contributed by atoms with van der Waals surface area (Å²) in [5.41, 5.74) is 2.75. The van der Waals surface area contributed by atoms with Crippen LogP contribution in [-0.4, -0.2) is 29.0 Å². The fourth-order valence-corrected chi connectivity index (χ4v) is 6.30. The van der Waals surface area contributed by atoms with Crippen LogP contribution in [0.4, 0.5) is 21.9 Å². The van der Waals surface area contributed by atoms with Gasteiger partial charge in [-0.2, -0.15) is 5.26 Å². The molecule has 0 saturated heterocycles. The van der Waals surface area contributed by atoms with Crippen molar-refractivity contribution >= 4 is 50.6 Å². The Bertz CT molecular complexity index is 1600. The van der Waals surface area contributed by atoms with Gasteiger partial charge in [-0.05, 0) is 74.6 Å². The maximum Gasteiger partial charge on any atom is 0.331 e. The fraction of sp³-hybridized carbons (Fsp3) is 0.241. The quantitative estimate of drug-likeness (QED) is 0.199. The third kappa shape index (κ3) is 4.73. The van der Waals surface area contributed by atoms with Gasteiger partial charge in [-0.15, -0.1) is 11.3 Å². The molecule has 2 aromatic heterocycles. The molecule has 0 spiro atoms. The number of aromatic nitrogens is 1. The number of carbonyl (C=O) groups is 2. The lowest BCUT2D eigenvalue weighted by molar-refractivity contribution is 0.0930. The number of carbonyl (C=O) groups excluding carboxylic acids is 2. The summed E-state index contributed by atoms with van der Waals surface area (Å²) in [6.07, 6.45) is 6.89. The number of amides is 3. The van der Waals surface area contributed by atoms with Crippen molar-refractivity contribution < 1.29 is 14.3 Å². The SMILES string of the molecule is Cc1cc(Oc2ccccc2)ccc1N1C(=O)Nc2c(C(=O)N[C@H]3CC[C@H](NC#N)CC3)sc3nccc1c23. The van der Waals surface area contributed by atoms with Crippen molar-refractivity contribution in [2.75, 3.05) is 10.2 Å². The Kier molecular flexibility index (Phi) is 6.50. The van der Waals surface area contributed by atoms with Crippen molar-refractivity contribution in [1.29, 1.82) is 5.26 Å². The minimum Gasteiger partial charge on any atom is -0.457 e. The third-order valence-corrected chi connectivity index (χ3v) is 8.27. The molecule has 0 unspecified atom stereocenters. The molecule has 1 aliphatic carbocycles. The van der Waals surface area contributed by atoms with Gasteiger partial charge in [-0.25, -0.2) is 9.78 Å². The number of para-hydroxylation sites is 1. The summed E-state index contributed by atoms with van der Waals surface area (Å²) in [5, 5.41) is 18.5. The van der Waals surface area contributed by atoms with Crippen LogP contribution in [-0.2, 0) is 0 Å². The second-order valence-corrected chi connectivity index (χ2v) is 10.7. The van der Waals surface area contributed by atoms with E-state index in [0.717, 1.165) is 42.4 Å². The average molecular weight is 539 g/mol. The summed E-state index contributed by atoms with van der Waals surface area (Å²) in [5.74, 6) is 1.19. The molecule has 3 amide bonds. The van der Waals surface area contributed by atoms with E-state index in [1.165, 1.54) is 11.3 Å². The maximum absolute atomic E-state index is 13.5. The molecular formula is C29H26N6O3S. The summed E-state index contributed by atoms with van der Waals surface area (Å²) in [6, 6.07) is 16.8. The van der Waals surface area contributed by atoms with Crippen molar-refractivity contribution in [2.45, 2.75) is 44.7 Å². The second-order valence-electron chi connectivity index (χ2n) is 9.72.